The molecule has 9 nitrogen and oxygen atoms in total. The van der Waals surface area contributed by atoms with Gasteiger partial charge in [-0.15, -0.1) is 0 Å². The van der Waals surface area contributed by atoms with Crippen LogP contribution in [0.5, 0.6) is 5.88 Å². The summed E-state index contributed by atoms with van der Waals surface area (Å²) < 4.78 is 5.51. The molecule has 1 atom stereocenters. The first-order chi connectivity index (χ1) is 14.1. The van der Waals surface area contributed by atoms with E-state index in [1.807, 2.05) is 11.8 Å². The van der Waals surface area contributed by atoms with Crippen molar-refractivity contribution in [2.75, 3.05) is 39.3 Å². The molecule has 1 amide bonds. The zero-order chi connectivity index (χ0) is 21.1. The summed E-state index contributed by atoms with van der Waals surface area (Å²) in [7, 11) is 0. The van der Waals surface area contributed by atoms with Gasteiger partial charge in [0.1, 0.15) is 11.7 Å². The minimum absolute atomic E-state index is 0.00267. The summed E-state index contributed by atoms with van der Waals surface area (Å²) in [5.74, 6) is 0.418. The molecule has 1 unspecified atom stereocenters. The molecule has 1 saturated heterocycles. The molecule has 0 radical (unpaired) electrons. The molecule has 9 heteroatoms. The van der Waals surface area contributed by atoms with Crippen LogP contribution in [0.25, 0.3) is 0 Å². The normalized spacial score (nSPS) is 19.3. The van der Waals surface area contributed by atoms with E-state index in [0.29, 0.717) is 24.6 Å². The molecule has 0 spiro atoms. The number of carboxylic acid groups (broad SMARTS) is 1. The number of ether oxygens (including phenoxy) is 1. The number of hydrogen-bond acceptors (Lipinski definition) is 7. The smallest absolute Gasteiger partial charge is 0.290 e. The van der Waals surface area contributed by atoms with Crippen molar-refractivity contribution in [2.24, 2.45) is 5.16 Å². The van der Waals surface area contributed by atoms with Crippen molar-refractivity contribution in [3.05, 3.63) is 23.9 Å². The summed E-state index contributed by atoms with van der Waals surface area (Å²) in [5.41, 5.74) is 1.68. The molecule has 29 heavy (non-hydrogen) atoms. The van der Waals surface area contributed by atoms with E-state index in [-0.39, 0.29) is 18.5 Å². The lowest BCUT2D eigenvalue weighted by Gasteiger charge is -2.23. The maximum atomic E-state index is 12.9. The number of rotatable bonds is 6. The fourth-order valence-corrected chi connectivity index (χ4v) is 3.41. The van der Waals surface area contributed by atoms with E-state index in [1.54, 1.807) is 18.3 Å². The second kappa shape index (κ2) is 12.0. The Morgan fingerprint density at radius 3 is 2.83 bits per heavy atom. The number of hydrogen-bond donors (Lipinski definition) is 1. The largest absolute Gasteiger partial charge is 0.483 e. The predicted molar refractivity (Wildman–Crippen MR) is 108 cm³/mol. The van der Waals surface area contributed by atoms with Crippen LogP contribution < -0.4 is 4.74 Å². The molecule has 0 aromatic carbocycles. The maximum absolute atomic E-state index is 12.9. The van der Waals surface area contributed by atoms with Crippen LogP contribution in [0.3, 0.4) is 0 Å². The standard InChI is InChI=1S/C19H28N4O3.CH2O2/c1-3-15-13-16(26-21-15)14-22-9-6-10-23(12-11-22)19(24)17-7-5-8-20-18(17)25-4-2;2-1-3/h5,7-8,16H,3-4,6,9-14H2,1-2H3;1H,(H,2,3). The molecule has 3 rings (SSSR count). The van der Waals surface area contributed by atoms with Crippen molar-refractivity contribution in [1.82, 2.24) is 14.8 Å². The Balaban J connectivity index is 0.000000941. The molecule has 0 bridgehead atoms. The first-order valence-corrected chi connectivity index (χ1v) is 10.0. The monoisotopic (exact) mass is 406 g/mol. The first kappa shape index (κ1) is 22.6. The zero-order valence-corrected chi connectivity index (χ0v) is 17.1. The fraction of sp³-hybridized carbons (Fsp3) is 0.600. The average molecular weight is 406 g/mol. The van der Waals surface area contributed by atoms with Crippen LogP contribution in [0.1, 0.15) is 43.5 Å². The van der Waals surface area contributed by atoms with Crippen LogP contribution in [-0.2, 0) is 9.63 Å². The summed E-state index contributed by atoms with van der Waals surface area (Å²) >= 11 is 0. The molecular formula is C20H30N4O5. The average Bonchev–Trinajstić information content (AvgIpc) is 3.05. The van der Waals surface area contributed by atoms with Crippen LogP contribution in [0.15, 0.2) is 23.5 Å². The van der Waals surface area contributed by atoms with E-state index in [1.165, 1.54) is 0 Å². The minimum atomic E-state index is -0.250. The summed E-state index contributed by atoms with van der Waals surface area (Å²) in [4.78, 5) is 35.3. The summed E-state index contributed by atoms with van der Waals surface area (Å²) in [6, 6.07) is 3.57. The van der Waals surface area contributed by atoms with E-state index in [2.05, 4.69) is 22.0 Å². The Bertz CT molecular complexity index is 697. The van der Waals surface area contributed by atoms with Crippen molar-refractivity contribution in [2.45, 2.75) is 39.2 Å². The van der Waals surface area contributed by atoms with Gasteiger partial charge in [0.2, 0.25) is 5.88 Å². The highest BCUT2D eigenvalue weighted by Gasteiger charge is 2.26. The van der Waals surface area contributed by atoms with Crippen LogP contribution >= 0.6 is 0 Å². The molecule has 1 fully saturated rings. The second-order valence-electron chi connectivity index (χ2n) is 6.78. The van der Waals surface area contributed by atoms with Gasteiger partial charge in [-0.2, -0.15) is 0 Å². The van der Waals surface area contributed by atoms with Gasteiger partial charge in [0.05, 0.1) is 12.3 Å². The second-order valence-corrected chi connectivity index (χ2v) is 6.78. The molecule has 160 valence electrons. The molecule has 3 heterocycles. The third kappa shape index (κ3) is 6.70. The van der Waals surface area contributed by atoms with E-state index in [0.717, 1.165) is 51.2 Å². The summed E-state index contributed by atoms with van der Waals surface area (Å²) in [5, 5.41) is 11.0. The van der Waals surface area contributed by atoms with Gasteiger partial charge in [0.25, 0.3) is 12.4 Å². The molecule has 0 aliphatic carbocycles. The van der Waals surface area contributed by atoms with E-state index in [9.17, 15) is 4.79 Å². The van der Waals surface area contributed by atoms with Crippen molar-refractivity contribution >= 4 is 18.1 Å². The number of oxime groups is 1. The van der Waals surface area contributed by atoms with E-state index in [4.69, 9.17) is 19.5 Å². The van der Waals surface area contributed by atoms with Crippen LogP contribution in [0.4, 0.5) is 0 Å². The summed E-state index contributed by atoms with van der Waals surface area (Å²) in [6.07, 6.45) is 4.62. The number of nitrogens with zero attached hydrogens (tertiary/aromatic N) is 4. The van der Waals surface area contributed by atoms with Crippen molar-refractivity contribution < 1.29 is 24.3 Å². The first-order valence-electron chi connectivity index (χ1n) is 10.0. The molecule has 1 aromatic rings. The highest BCUT2D eigenvalue weighted by atomic mass is 16.6. The highest BCUT2D eigenvalue weighted by Crippen LogP contribution is 2.19. The van der Waals surface area contributed by atoms with Crippen molar-refractivity contribution in [1.29, 1.82) is 0 Å². The van der Waals surface area contributed by atoms with Gasteiger partial charge >= 0.3 is 0 Å². The number of amides is 1. The van der Waals surface area contributed by atoms with E-state index >= 15 is 0 Å². The molecule has 2 aliphatic heterocycles. The summed E-state index contributed by atoms with van der Waals surface area (Å²) in [6.45, 7) is 8.38. The number of aromatic nitrogens is 1. The van der Waals surface area contributed by atoms with Crippen molar-refractivity contribution in [3.8, 4) is 5.88 Å². The van der Waals surface area contributed by atoms with E-state index < -0.39 is 0 Å². The van der Waals surface area contributed by atoms with Crippen LogP contribution in [0, 0.1) is 0 Å². The van der Waals surface area contributed by atoms with Gasteiger partial charge in [-0.3, -0.25) is 14.5 Å². The van der Waals surface area contributed by atoms with Crippen LogP contribution in [0.2, 0.25) is 0 Å². The minimum Gasteiger partial charge on any atom is -0.483 e. The number of pyridine rings is 1. The SMILES string of the molecule is CCOc1ncccc1C(=O)N1CCCN(CC2CC(CC)=NO2)CC1.O=CO. The van der Waals surface area contributed by atoms with Gasteiger partial charge in [-0.05, 0) is 31.9 Å². The van der Waals surface area contributed by atoms with Gasteiger partial charge in [-0.1, -0.05) is 12.1 Å². The predicted octanol–water partition coefficient (Wildman–Crippen LogP) is 1.88. The van der Waals surface area contributed by atoms with Gasteiger partial charge < -0.3 is 19.6 Å². The van der Waals surface area contributed by atoms with Crippen LogP contribution in [-0.4, -0.2) is 83.4 Å². The third-order valence-corrected chi connectivity index (χ3v) is 4.82. The number of carbonyl (C=O) groups excluding carboxylic acids is 1. The lowest BCUT2D eigenvalue weighted by molar-refractivity contribution is -0.122. The molecule has 0 saturated carbocycles. The van der Waals surface area contributed by atoms with Gasteiger partial charge in [-0.25, -0.2) is 4.98 Å². The zero-order valence-electron chi connectivity index (χ0n) is 17.1. The fourth-order valence-electron chi connectivity index (χ4n) is 3.41. The third-order valence-electron chi connectivity index (χ3n) is 4.82. The van der Waals surface area contributed by atoms with Gasteiger partial charge in [0, 0.05) is 45.3 Å². The highest BCUT2D eigenvalue weighted by molar-refractivity contribution is 5.96. The Kier molecular flexibility index (Phi) is 9.36. The maximum Gasteiger partial charge on any atom is 0.290 e. The molecule has 1 aromatic heterocycles. The Morgan fingerprint density at radius 1 is 1.34 bits per heavy atom. The molecular weight excluding hydrogens is 376 g/mol. The van der Waals surface area contributed by atoms with Gasteiger partial charge in [0.15, 0.2) is 0 Å². The Morgan fingerprint density at radius 2 is 2.14 bits per heavy atom. The quantitative estimate of drug-likeness (QED) is 0.719. The Labute approximate surface area is 171 Å². The lowest BCUT2D eigenvalue weighted by Crippen LogP contribution is -2.38. The molecule has 2 aliphatic rings. The lowest BCUT2D eigenvalue weighted by atomic mass is 10.1. The molecule has 1 N–H and O–H groups in total. The van der Waals surface area contributed by atoms with Crippen molar-refractivity contribution in [3.63, 3.8) is 0 Å². The topological polar surface area (TPSA) is 105 Å². The number of carbonyl (C=O) groups is 2. The Hall–Kier alpha value is -2.68.